The largest absolute Gasteiger partial charge is 0.487 e. The van der Waals surface area contributed by atoms with Crippen LogP contribution < -0.4 is 20.3 Å². The van der Waals surface area contributed by atoms with E-state index < -0.39 is 22.5 Å². The smallest absolute Gasteiger partial charge is 0.420 e. The topological polar surface area (TPSA) is 143 Å². The van der Waals surface area contributed by atoms with E-state index >= 15 is 0 Å². The highest BCUT2D eigenvalue weighted by molar-refractivity contribution is 6.20. The van der Waals surface area contributed by atoms with Gasteiger partial charge in [-0.25, -0.2) is 4.98 Å². The zero-order valence-corrected chi connectivity index (χ0v) is 19.2. The maximum atomic E-state index is 12.9. The molecule has 0 saturated carbocycles. The van der Waals surface area contributed by atoms with Gasteiger partial charge in [-0.05, 0) is 36.8 Å². The molecule has 1 saturated heterocycles. The highest BCUT2D eigenvalue weighted by Gasteiger charge is 2.28. The molecule has 2 aromatic heterocycles. The number of aliphatic hydroxyl groups excluding tert-OH is 1. The van der Waals surface area contributed by atoms with Gasteiger partial charge in [-0.15, -0.1) is 8.78 Å². The standard InChI is InChI=1S/C22H19ClF2N6O5/c23-22(24,25)36-16-3-1-14(2-4-16)28-21(33)13-9-17(20(27-10-13)30-8-6-15(32)12-30)29-18-11-26-7-5-19(18)31(34)35/h1-5,7,9-11,15,29,32H,6,8,12H2,(H,28,33)/t15-/m1/s1. The molecular weight excluding hydrogens is 502 g/mol. The van der Waals surface area contributed by atoms with Gasteiger partial charge in [-0.1, -0.05) is 0 Å². The molecule has 4 rings (SSSR count). The Labute approximate surface area is 207 Å². The Hall–Kier alpha value is -4.10. The van der Waals surface area contributed by atoms with Gasteiger partial charge >= 0.3 is 5.57 Å². The highest BCUT2D eigenvalue weighted by Crippen LogP contribution is 2.33. The molecule has 0 radical (unpaired) electrons. The number of carbonyl (C=O) groups excluding carboxylic acids is 1. The fourth-order valence-electron chi connectivity index (χ4n) is 3.59. The summed E-state index contributed by atoms with van der Waals surface area (Å²) >= 11 is 4.74. The number of halogens is 3. The van der Waals surface area contributed by atoms with Crippen molar-refractivity contribution in [2.24, 2.45) is 0 Å². The minimum atomic E-state index is -3.86. The van der Waals surface area contributed by atoms with Crippen LogP contribution in [0, 0.1) is 10.1 Å². The van der Waals surface area contributed by atoms with E-state index in [0.29, 0.717) is 31.0 Å². The molecule has 1 atom stereocenters. The van der Waals surface area contributed by atoms with Crippen molar-refractivity contribution in [3.8, 4) is 5.75 Å². The molecule has 3 N–H and O–H groups in total. The lowest BCUT2D eigenvalue weighted by molar-refractivity contribution is -0.384. The van der Waals surface area contributed by atoms with Crippen molar-refractivity contribution in [2.45, 2.75) is 18.1 Å². The third-order valence-corrected chi connectivity index (χ3v) is 5.28. The minimum absolute atomic E-state index is 0.0922. The molecule has 1 aromatic carbocycles. The van der Waals surface area contributed by atoms with Crippen LogP contribution in [0.25, 0.3) is 0 Å². The molecule has 1 amide bonds. The number of rotatable bonds is 8. The van der Waals surface area contributed by atoms with E-state index in [1.807, 2.05) is 0 Å². The second kappa shape index (κ2) is 10.3. The normalized spacial score (nSPS) is 15.4. The average Bonchev–Trinajstić information content (AvgIpc) is 3.25. The number of nitrogens with one attached hydrogen (secondary N) is 2. The Morgan fingerprint density at radius 2 is 2.00 bits per heavy atom. The van der Waals surface area contributed by atoms with Gasteiger partial charge < -0.3 is 25.4 Å². The van der Waals surface area contributed by atoms with Gasteiger partial charge in [-0.2, -0.15) is 0 Å². The molecule has 1 aliphatic heterocycles. The number of nitrogens with zero attached hydrogens (tertiary/aromatic N) is 4. The fourth-order valence-corrected chi connectivity index (χ4v) is 3.68. The summed E-state index contributed by atoms with van der Waals surface area (Å²) < 4.78 is 29.8. The van der Waals surface area contributed by atoms with Gasteiger partial charge in [0, 0.05) is 48.8 Å². The molecule has 1 fully saturated rings. The van der Waals surface area contributed by atoms with Crippen molar-refractivity contribution in [1.29, 1.82) is 0 Å². The van der Waals surface area contributed by atoms with E-state index in [4.69, 9.17) is 11.6 Å². The van der Waals surface area contributed by atoms with Crippen LogP contribution in [0.2, 0.25) is 0 Å². The third kappa shape index (κ3) is 6.12. The molecule has 14 heteroatoms. The first-order chi connectivity index (χ1) is 17.1. The summed E-state index contributed by atoms with van der Waals surface area (Å²) in [5, 5.41) is 26.9. The number of aliphatic hydroxyl groups is 1. The first kappa shape index (κ1) is 25.0. The number of ether oxygens (including phenoxy) is 1. The molecular formula is C22H19ClF2N6O5. The summed E-state index contributed by atoms with van der Waals surface area (Å²) in [4.78, 5) is 33.8. The molecule has 0 bridgehead atoms. The average molecular weight is 521 g/mol. The fraction of sp³-hybridized carbons (Fsp3) is 0.227. The van der Waals surface area contributed by atoms with Crippen molar-refractivity contribution < 1.29 is 28.3 Å². The van der Waals surface area contributed by atoms with Crippen LogP contribution in [-0.2, 0) is 0 Å². The maximum absolute atomic E-state index is 12.9. The second-order valence-electron chi connectivity index (χ2n) is 7.78. The van der Waals surface area contributed by atoms with E-state index in [1.54, 1.807) is 4.90 Å². The first-order valence-electron chi connectivity index (χ1n) is 10.5. The van der Waals surface area contributed by atoms with Crippen LogP contribution in [0.15, 0.2) is 55.0 Å². The third-order valence-electron chi connectivity index (χ3n) is 5.20. The number of anilines is 4. The molecule has 36 heavy (non-hydrogen) atoms. The van der Waals surface area contributed by atoms with Crippen molar-refractivity contribution in [1.82, 2.24) is 9.97 Å². The Kier molecular flexibility index (Phi) is 7.12. The van der Waals surface area contributed by atoms with E-state index in [0.717, 1.165) is 0 Å². The van der Waals surface area contributed by atoms with Crippen LogP contribution in [0.3, 0.4) is 0 Å². The lowest BCUT2D eigenvalue weighted by Gasteiger charge is -2.21. The number of nitro groups is 1. The molecule has 188 valence electrons. The van der Waals surface area contributed by atoms with Crippen molar-refractivity contribution in [2.75, 3.05) is 28.6 Å². The van der Waals surface area contributed by atoms with E-state index in [-0.39, 0.29) is 28.4 Å². The number of aromatic nitrogens is 2. The minimum Gasteiger partial charge on any atom is -0.420 e. The summed E-state index contributed by atoms with van der Waals surface area (Å²) in [5.74, 6) is -0.378. The number of β-amino-alcohol motifs (C(OH)–C–C–N with tert-alkyl or cyclic N) is 1. The number of alkyl halides is 3. The van der Waals surface area contributed by atoms with Crippen LogP contribution in [0.4, 0.5) is 37.3 Å². The SMILES string of the molecule is O=C(Nc1ccc(OC(F)(F)Cl)cc1)c1cnc(N2CC[C@@H](O)C2)c(Nc2cnccc2[N+](=O)[O-])c1. The number of pyridine rings is 2. The molecule has 1 aliphatic rings. The van der Waals surface area contributed by atoms with Crippen LogP contribution in [-0.4, -0.2) is 50.7 Å². The van der Waals surface area contributed by atoms with Crippen LogP contribution in [0.5, 0.6) is 5.75 Å². The van der Waals surface area contributed by atoms with Crippen LogP contribution >= 0.6 is 11.6 Å². The summed E-state index contributed by atoms with van der Waals surface area (Å²) in [7, 11) is 0. The molecule has 3 aromatic rings. The number of amides is 1. The predicted molar refractivity (Wildman–Crippen MR) is 127 cm³/mol. The molecule has 0 unspecified atom stereocenters. The highest BCUT2D eigenvalue weighted by atomic mass is 35.5. The summed E-state index contributed by atoms with van der Waals surface area (Å²) in [6.45, 7) is 0.803. The zero-order valence-electron chi connectivity index (χ0n) is 18.4. The summed E-state index contributed by atoms with van der Waals surface area (Å²) in [5.41, 5.74) is -3.31. The maximum Gasteiger partial charge on any atom is 0.487 e. The monoisotopic (exact) mass is 520 g/mol. The van der Waals surface area contributed by atoms with Crippen molar-refractivity contribution >= 4 is 46.1 Å². The lowest BCUT2D eigenvalue weighted by Crippen LogP contribution is -2.24. The van der Waals surface area contributed by atoms with Gasteiger partial charge in [0.15, 0.2) is 5.82 Å². The second-order valence-corrected chi connectivity index (χ2v) is 8.22. The van der Waals surface area contributed by atoms with E-state index in [2.05, 4.69) is 25.3 Å². The van der Waals surface area contributed by atoms with Crippen LogP contribution in [0.1, 0.15) is 16.8 Å². The Bertz CT molecular complexity index is 1270. The molecule has 3 heterocycles. The number of hydrogen-bond acceptors (Lipinski definition) is 9. The number of hydrogen-bond donors (Lipinski definition) is 3. The van der Waals surface area contributed by atoms with Gasteiger partial charge in [0.05, 0.1) is 28.5 Å². The van der Waals surface area contributed by atoms with Crippen molar-refractivity contribution in [3.05, 3.63) is 70.7 Å². The Morgan fingerprint density at radius 3 is 2.64 bits per heavy atom. The molecule has 0 aliphatic carbocycles. The summed E-state index contributed by atoms with van der Waals surface area (Å²) in [6.07, 6.45) is 3.85. The quantitative estimate of drug-likeness (QED) is 0.227. The Balaban J connectivity index is 1.60. The zero-order chi connectivity index (χ0) is 25.9. The van der Waals surface area contributed by atoms with Crippen molar-refractivity contribution in [3.63, 3.8) is 0 Å². The van der Waals surface area contributed by atoms with Gasteiger partial charge in [0.2, 0.25) is 0 Å². The molecule has 11 nitrogen and oxygen atoms in total. The lowest BCUT2D eigenvalue weighted by atomic mass is 10.2. The van der Waals surface area contributed by atoms with Gasteiger partial charge in [-0.3, -0.25) is 19.9 Å². The van der Waals surface area contributed by atoms with E-state index in [1.165, 1.54) is 55.0 Å². The molecule has 0 spiro atoms. The summed E-state index contributed by atoms with van der Waals surface area (Å²) in [6, 6.07) is 7.81. The van der Waals surface area contributed by atoms with Gasteiger partial charge in [0.25, 0.3) is 11.6 Å². The first-order valence-corrected chi connectivity index (χ1v) is 10.9. The Morgan fingerprint density at radius 1 is 1.25 bits per heavy atom. The number of carbonyl (C=O) groups is 1. The van der Waals surface area contributed by atoms with E-state index in [9.17, 15) is 28.8 Å². The van der Waals surface area contributed by atoms with Gasteiger partial charge in [0.1, 0.15) is 11.4 Å². The predicted octanol–water partition coefficient (Wildman–Crippen LogP) is 4.12. The number of benzene rings is 1.